The molecule has 1 aromatic rings. The van der Waals surface area contributed by atoms with Crippen LogP contribution in [-0.2, 0) is 6.54 Å². The highest BCUT2D eigenvalue weighted by atomic mass is 19.1. The molecule has 0 saturated carbocycles. The number of halogens is 1. The second-order valence-electron chi connectivity index (χ2n) is 2.92. The average molecular weight is 180 g/mol. The molecule has 68 valence electrons. The Morgan fingerprint density at radius 2 is 2.31 bits per heavy atom. The van der Waals surface area contributed by atoms with Crippen molar-refractivity contribution in [2.45, 2.75) is 6.54 Å². The Kier molecular flexibility index (Phi) is 1.77. The van der Waals surface area contributed by atoms with Crippen LogP contribution in [0.4, 0.5) is 4.39 Å². The zero-order valence-corrected chi connectivity index (χ0v) is 7.17. The van der Waals surface area contributed by atoms with Crippen LogP contribution in [-0.4, -0.2) is 18.0 Å². The molecule has 0 aromatic heterocycles. The summed E-state index contributed by atoms with van der Waals surface area (Å²) in [5.41, 5.74) is 4.06. The summed E-state index contributed by atoms with van der Waals surface area (Å²) < 4.78 is 12.8. The highest BCUT2D eigenvalue weighted by Gasteiger charge is 2.26. The van der Waals surface area contributed by atoms with Gasteiger partial charge < -0.3 is 0 Å². The molecular formula is C9H9FN2O. The number of fused-ring (bicyclic) bond motifs is 1. The SMILES string of the molecule is CNN1Cc2ccc(F)cc2C1=O. The molecule has 0 atom stereocenters. The highest BCUT2D eigenvalue weighted by molar-refractivity contribution is 5.97. The van der Waals surface area contributed by atoms with Crippen molar-refractivity contribution in [2.75, 3.05) is 7.05 Å². The topological polar surface area (TPSA) is 32.3 Å². The second-order valence-corrected chi connectivity index (χ2v) is 2.92. The van der Waals surface area contributed by atoms with Gasteiger partial charge in [0.1, 0.15) is 5.82 Å². The molecule has 0 fully saturated rings. The Bertz CT molecular complexity index is 365. The third-order valence-electron chi connectivity index (χ3n) is 2.15. The summed E-state index contributed by atoms with van der Waals surface area (Å²) in [5.74, 6) is -0.540. The molecule has 0 radical (unpaired) electrons. The molecule has 13 heavy (non-hydrogen) atoms. The number of benzene rings is 1. The van der Waals surface area contributed by atoms with Crippen LogP contribution in [0.3, 0.4) is 0 Å². The minimum atomic E-state index is -0.370. The van der Waals surface area contributed by atoms with Crippen molar-refractivity contribution in [3.63, 3.8) is 0 Å². The van der Waals surface area contributed by atoms with E-state index < -0.39 is 0 Å². The molecule has 0 aliphatic carbocycles. The van der Waals surface area contributed by atoms with Gasteiger partial charge in [-0.25, -0.2) is 9.82 Å². The van der Waals surface area contributed by atoms with Crippen LogP contribution in [0.2, 0.25) is 0 Å². The largest absolute Gasteiger partial charge is 0.270 e. The fourth-order valence-electron chi connectivity index (χ4n) is 1.45. The predicted octanol–water partition coefficient (Wildman–Crippen LogP) is 0.916. The fourth-order valence-corrected chi connectivity index (χ4v) is 1.45. The summed E-state index contributed by atoms with van der Waals surface area (Å²) in [6.07, 6.45) is 0. The van der Waals surface area contributed by atoms with E-state index in [4.69, 9.17) is 0 Å². The number of hydrogen-bond donors (Lipinski definition) is 1. The van der Waals surface area contributed by atoms with Crippen molar-refractivity contribution in [3.8, 4) is 0 Å². The average Bonchev–Trinajstić information content (AvgIpc) is 2.44. The summed E-state index contributed by atoms with van der Waals surface area (Å²) in [5, 5.41) is 1.45. The smallest absolute Gasteiger partial charge is 0.268 e. The molecular weight excluding hydrogens is 171 g/mol. The van der Waals surface area contributed by atoms with Gasteiger partial charge in [-0.15, -0.1) is 0 Å². The lowest BCUT2D eigenvalue weighted by molar-refractivity contribution is 0.0706. The van der Waals surface area contributed by atoms with E-state index in [0.29, 0.717) is 12.1 Å². The molecule has 3 nitrogen and oxygen atoms in total. The Balaban J connectivity index is 2.45. The van der Waals surface area contributed by atoms with Crippen LogP contribution in [0, 0.1) is 5.82 Å². The Morgan fingerprint density at radius 3 is 3.00 bits per heavy atom. The third kappa shape index (κ3) is 1.19. The summed E-state index contributed by atoms with van der Waals surface area (Å²) in [7, 11) is 1.67. The number of nitrogens with one attached hydrogen (secondary N) is 1. The maximum absolute atomic E-state index is 12.8. The number of nitrogens with zero attached hydrogens (tertiary/aromatic N) is 1. The Morgan fingerprint density at radius 1 is 1.54 bits per heavy atom. The van der Waals surface area contributed by atoms with Gasteiger partial charge >= 0.3 is 0 Å². The molecule has 4 heteroatoms. The predicted molar refractivity (Wildman–Crippen MR) is 45.3 cm³/mol. The first-order valence-electron chi connectivity index (χ1n) is 4.00. The second kappa shape index (κ2) is 2.81. The molecule has 2 rings (SSSR count). The van der Waals surface area contributed by atoms with E-state index in [9.17, 15) is 9.18 Å². The van der Waals surface area contributed by atoms with Crippen molar-refractivity contribution in [1.29, 1.82) is 0 Å². The van der Waals surface area contributed by atoms with Crippen molar-refractivity contribution in [1.82, 2.24) is 10.4 Å². The summed E-state index contributed by atoms with van der Waals surface area (Å²) in [4.78, 5) is 11.5. The van der Waals surface area contributed by atoms with Crippen LogP contribution in [0.15, 0.2) is 18.2 Å². The molecule has 0 bridgehead atoms. The third-order valence-corrected chi connectivity index (χ3v) is 2.15. The number of hydrogen-bond acceptors (Lipinski definition) is 2. The van der Waals surface area contributed by atoms with Gasteiger partial charge in [-0.05, 0) is 17.7 Å². The zero-order valence-electron chi connectivity index (χ0n) is 7.17. The molecule has 0 saturated heterocycles. The first-order valence-corrected chi connectivity index (χ1v) is 4.00. The lowest BCUT2D eigenvalue weighted by Gasteiger charge is -2.11. The quantitative estimate of drug-likeness (QED) is 0.696. The highest BCUT2D eigenvalue weighted by Crippen LogP contribution is 2.21. The molecule has 1 aromatic carbocycles. The first-order chi connectivity index (χ1) is 6.22. The zero-order chi connectivity index (χ0) is 9.42. The van der Waals surface area contributed by atoms with Crippen LogP contribution in [0.25, 0.3) is 0 Å². The van der Waals surface area contributed by atoms with Gasteiger partial charge in [0.25, 0.3) is 5.91 Å². The lowest BCUT2D eigenvalue weighted by Crippen LogP contribution is -2.34. The molecule has 1 aliphatic heterocycles. The van der Waals surface area contributed by atoms with Gasteiger partial charge in [-0.1, -0.05) is 6.07 Å². The summed E-state index contributed by atoms with van der Waals surface area (Å²) >= 11 is 0. The normalized spacial score (nSPS) is 14.9. The van der Waals surface area contributed by atoms with Gasteiger partial charge in [0.2, 0.25) is 0 Å². The van der Waals surface area contributed by atoms with Gasteiger partial charge in [0.05, 0.1) is 6.54 Å². The number of carbonyl (C=O) groups excluding carboxylic acids is 1. The number of carbonyl (C=O) groups is 1. The van der Waals surface area contributed by atoms with E-state index in [1.807, 2.05) is 0 Å². The maximum Gasteiger partial charge on any atom is 0.268 e. The minimum Gasteiger partial charge on any atom is -0.270 e. The van der Waals surface area contributed by atoms with Crippen LogP contribution >= 0.6 is 0 Å². The van der Waals surface area contributed by atoms with Gasteiger partial charge in [0, 0.05) is 12.6 Å². The van der Waals surface area contributed by atoms with E-state index in [2.05, 4.69) is 5.43 Å². The molecule has 1 amide bonds. The van der Waals surface area contributed by atoms with Crippen LogP contribution in [0.5, 0.6) is 0 Å². The van der Waals surface area contributed by atoms with E-state index in [1.165, 1.54) is 17.1 Å². The summed E-state index contributed by atoms with van der Waals surface area (Å²) in [6, 6.07) is 4.28. The van der Waals surface area contributed by atoms with Gasteiger partial charge in [-0.2, -0.15) is 0 Å². The van der Waals surface area contributed by atoms with Crippen molar-refractivity contribution in [3.05, 3.63) is 35.1 Å². The standard InChI is InChI=1S/C9H9FN2O/c1-11-12-5-6-2-3-7(10)4-8(6)9(12)13/h2-4,11H,5H2,1H3. The van der Waals surface area contributed by atoms with E-state index >= 15 is 0 Å². The molecule has 1 aliphatic rings. The van der Waals surface area contributed by atoms with E-state index in [1.54, 1.807) is 13.1 Å². The van der Waals surface area contributed by atoms with Gasteiger partial charge in [0.15, 0.2) is 0 Å². The molecule has 0 unspecified atom stereocenters. The Hall–Kier alpha value is -1.42. The summed E-state index contributed by atoms with van der Waals surface area (Å²) in [6.45, 7) is 0.505. The van der Waals surface area contributed by atoms with E-state index in [-0.39, 0.29) is 11.7 Å². The van der Waals surface area contributed by atoms with Crippen LogP contribution in [0.1, 0.15) is 15.9 Å². The monoisotopic (exact) mass is 180 g/mol. The number of amides is 1. The fraction of sp³-hybridized carbons (Fsp3) is 0.222. The Labute approximate surface area is 75.1 Å². The number of rotatable bonds is 1. The number of hydrazine groups is 1. The lowest BCUT2D eigenvalue weighted by atomic mass is 10.1. The molecule has 0 spiro atoms. The minimum absolute atomic E-state index is 0.169. The molecule has 1 heterocycles. The van der Waals surface area contributed by atoms with Gasteiger partial charge in [-0.3, -0.25) is 9.80 Å². The first kappa shape index (κ1) is 8.19. The maximum atomic E-state index is 12.8. The van der Waals surface area contributed by atoms with Crippen molar-refractivity contribution < 1.29 is 9.18 Å². The van der Waals surface area contributed by atoms with Crippen molar-refractivity contribution >= 4 is 5.91 Å². The molecule has 1 N–H and O–H groups in total. The van der Waals surface area contributed by atoms with Crippen molar-refractivity contribution in [2.24, 2.45) is 0 Å². The van der Waals surface area contributed by atoms with Crippen LogP contribution < -0.4 is 5.43 Å². The van der Waals surface area contributed by atoms with E-state index in [0.717, 1.165) is 5.56 Å².